The normalized spacial score (nSPS) is 19.4. The predicted molar refractivity (Wildman–Crippen MR) is 54.8 cm³/mol. The monoisotopic (exact) mass is 195 g/mol. The zero-order chi connectivity index (χ0) is 10.4. The van der Waals surface area contributed by atoms with Crippen LogP contribution in [0.25, 0.3) is 0 Å². The van der Waals surface area contributed by atoms with Gasteiger partial charge in [-0.1, -0.05) is 12.3 Å². The van der Waals surface area contributed by atoms with Crippen molar-refractivity contribution in [3.63, 3.8) is 0 Å². The Balaban J connectivity index is 2.52. The molecule has 0 spiro atoms. The second-order valence-electron chi connectivity index (χ2n) is 3.62. The largest absolute Gasteiger partial charge is 0.430 e. The molecule has 3 nitrogen and oxygen atoms in total. The summed E-state index contributed by atoms with van der Waals surface area (Å²) in [6.45, 7) is 2.42. The smallest absolute Gasteiger partial charge is 0.408 e. The van der Waals surface area contributed by atoms with Crippen LogP contribution in [0.5, 0.6) is 0 Å². The topological polar surface area (TPSA) is 38.3 Å². The lowest BCUT2D eigenvalue weighted by Gasteiger charge is -2.31. The molecule has 0 aliphatic heterocycles. The van der Waals surface area contributed by atoms with Gasteiger partial charge in [0.05, 0.1) is 0 Å². The molecule has 0 bridgehead atoms. The van der Waals surface area contributed by atoms with Crippen LogP contribution in [-0.2, 0) is 4.74 Å². The van der Waals surface area contributed by atoms with Gasteiger partial charge < -0.3 is 10.1 Å². The molecule has 0 saturated heterocycles. The Morgan fingerprint density at radius 3 is 2.64 bits per heavy atom. The molecule has 1 aliphatic carbocycles. The van der Waals surface area contributed by atoms with Gasteiger partial charge >= 0.3 is 6.09 Å². The highest BCUT2D eigenvalue weighted by molar-refractivity contribution is 5.68. The zero-order valence-electron chi connectivity index (χ0n) is 8.64. The first-order valence-corrected chi connectivity index (χ1v) is 5.17. The molecule has 0 atom stereocenters. The van der Waals surface area contributed by atoms with E-state index in [1.165, 1.54) is 6.42 Å². The van der Waals surface area contributed by atoms with Gasteiger partial charge in [-0.05, 0) is 32.6 Å². The number of nitrogens with one attached hydrogen (secondary N) is 1. The maximum Gasteiger partial charge on any atom is 0.408 e. The van der Waals surface area contributed by atoms with Crippen LogP contribution in [0.15, 0.2) is 0 Å². The van der Waals surface area contributed by atoms with Crippen molar-refractivity contribution in [2.24, 2.45) is 0 Å². The van der Waals surface area contributed by atoms with Gasteiger partial charge in [0.1, 0.15) is 0 Å². The number of hydrogen-bond donors (Lipinski definition) is 1. The minimum Gasteiger partial charge on any atom is -0.430 e. The highest BCUT2D eigenvalue weighted by Gasteiger charge is 2.33. The van der Waals surface area contributed by atoms with Crippen LogP contribution < -0.4 is 5.32 Å². The van der Waals surface area contributed by atoms with Crippen molar-refractivity contribution in [1.29, 1.82) is 0 Å². The summed E-state index contributed by atoms with van der Waals surface area (Å²) in [5, 5.41) is 2.60. The fraction of sp³-hybridized carbons (Fsp3) is 0.727. The quantitative estimate of drug-likeness (QED) is 0.685. The van der Waals surface area contributed by atoms with Crippen LogP contribution in [0.3, 0.4) is 0 Å². The molecule has 0 unspecified atom stereocenters. The van der Waals surface area contributed by atoms with Gasteiger partial charge in [0.15, 0.2) is 5.60 Å². The number of amides is 1. The third-order valence-electron chi connectivity index (χ3n) is 2.53. The standard InChI is InChI=1S/C11H17NO2/c1-3-11(8-6-5-7-9-11)14-10(13)12-4-2/h1H,4-9H2,2H3,(H,12,13). The van der Waals surface area contributed by atoms with Crippen LogP contribution in [0.2, 0.25) is 0 Å². The lowest BCUT2D eigenvalue weighted by Crippen LogP contribution is -2.39. The van der Waals surface area contributed by atoms with E-state index in [9.17, 15) is 4.79 Å². The van der Waals surface area contributed by atoms with Crippen molar-refractivity contribution in [3.05, 3.63) is 0 Å². The first-order chi connectivity index (χ1) is 6.72. The minimum absolute atomic E-state index is 0.396. The van der Waals surface area contributed by atoms with Crippen molar-refractivity contribution < 1.29 is 9.53 Å². The molecule has 1 rings (SSSR count). The van der Waals surface area contributed by atoms with Crippen LogP contribution in [0.4, 0.5) is 4.79 Å². The molecule has 0 heterocycles. The van der Waals surface area contributed by atoms with Gasteiger partial charge in [-0.15, -0.1) is 6.42 Å². The van der Waals surface area contributed by atoms with Crippen molar-refractivity contribution in [3.8, 4) is 12.3 Å². The molecule has 0 aromatic heterocycles. The molecule has 0 radical (unpaired) electrons. The summed E-state index contributed by atoms with van der Waals surface area (Å²) in [6, 6.07) is 0. The van der Waals surface area contributed by atoms with Gasteiger partial charge in [0, 0.05) is 6.54 Å². The number of ether oxygens (including phenoxy) is 1. The lowest BCUT2D eigenvalue weighted by molar-refractivity contribution is 0.0279. The molecule has 0 aromatic carbocycles. The summed E-state index contributed by atoms with van der Waals surface area (Å²) in [5.74, 6) is 2.62. The molecule has 1 aliphatic rings. The van der Waals surface area contributed by atoms with Crippen LogP contribution in [0.1, 0.15) is 39.0 Å². The van der Waals surface area contributed by atoms with Crippen molar-refractivity contribution in [2.75, 3.05) is 6.54 Å². The Hall–Kier alpha value is -1.17. The SMILES string of the molecule is C#CC1(OC(=O)NCC)CCCCC1. The maximum absolute atomic E-state index is 11.2. The van der Waals surface area contributed by atoms with E-state index in [4.69, 9.17) is 11.2 Å². The van der Waals surface area contributed by atoms with E-state index in [-0.39, 0.29) is 0 Å². The number of carbonyl (C=O) groups excluding carboxylic acids is 1. The number of terminal acetylenes is 1. The third kappa shape index (κ3) is 2.66. The molecule has 1 fully saturated rings. The second kappa shape index (κ2) is 4.90. The fourth-order valence-electron chi connectivity index (χ4n) is 1.76. The van der Waals surface area contributed by atoms with Crippen molar-refractivity contribution in [1.82, 2.24) is 5.32 Å². The highest BCUT2D eigenvalue weighted by Crippen LogP contribution is 2.30. The summed E-state index contributed by atoms with van der Waals surface area (Å²) in [5.41, 5.74) is -0.641. The fourth-order valence-corrected chi connectivity index (χ4v) is 1.76. The highest BCUT2D eigenvalue weighted by atomic mass is 16.6. The average molecular weight is 195 g/mol. The van der Waals surface area contributed by atoms with Crippen LogP contribution in [-0.4, -0.2) is 18.2 Å². The van der Waals surface area contributed by atoms with Gasteiger partial charge in [0.2, 0.25) is 0 Å². The first kappa shape index (κ1) is 10.9. The van der Waals surface area contributed by atoms with Crippen molar-refractivity contribution >= 4 is 6.09 Å². The summed E-state index contributed by atoms with van der Waals surface area (Å²) < 4.78 is 5.28. The molecule has 1 N–H and O–H groups in total. The number of carbonyl (C=O) groups is 1. The number of rotatable bonds is 2. The van der Waals surface area contributed by atoms with Gasteiger partial charge in [0.25, 0.3) is 0 Å². The van der Waals surface area contributed by atoms with Gasteiger partial charge in [-0.2, -0.15) is 0 Å². The van der Waals surface area contributed by atoms with Gasteiger partial charge in [-0.25, -0.2) is 4.79 Å². The Labute approximate surface area is 85.2 Å². The summed E-state index contributed by atoms with van der Waals surface area (Å²) in [7, 11) is 0. The van der Waals surface area contributed by atoms with E-state index < -0.39 is 11.7 Å². The molecule has 1 amide bonds. The Morgan fingerprint density at radius 2 is 2.14 bits per heavy atom. The molecular formula is C11H17NO2. The second-order valence-corrected chi connectivity index (χ2v) is 3.62. The molecule has 3 heteroatoms. The molecule has 1 saturated carbocycles. The Morgan fingerprint density at radius 1 is 1.50 bits per heavy atom. The Bertz CT molecular complexity index is 236. The maximum atomic E-state index is 11.2. The number of hydrogen-bond acceptors (Lipinski definition) is 2. The van der Waals surface area contributed by atoms with E-state index in [0.717, 1.165) is 25.7 Å². The molecule has 0 aromatic rings. The minimum atomic E-state index is -0.641. The summed E-state index contributed by atoms with van der Waals surface area (Å²) in [4.78, 5) is 11.2. The molecule has 14 heavy (non-hydrogen) atoms. The Kier molecular flexibility index (Phi) is 3.82. The van der Waals surface area contributed by atoms with Gasteiger partial charge in [-0.3, -0.25) is 0 Å². The first-order valence-electron chi connectivity index (χ1n) is 5.17. The summed E-state index contributed by atoms with van der Waals surface area (Å²) in [6.07, 6.45) is 9.89. The van der Waals surface area contributed by atoms with E-state index in [2.05, 4.69) is 11.2 Å². The average Bonchev–Trinajstić information content (AvgIpc) is 2.19. The lowest BCUT2D eigenvalue weighted by atomic mass is 9.85. The third-order valence-corrected chi connectivity index (χ3v) is 2.53. The number of alkyl carbamates (subject to hydrolysis) is 1. The molecular weight excluding hydrogens is 178 g/mol. The van der Waals surface area contributed by atoms with E-state index in [1.54, 1.807) is 0 Å². The van der Waals surface area contributed by atoms with E-state index >= 15 is 0 Å². The molecule has 78 valence electrons. The zero-order valence-corrected chi connectivity index (χ0v) is 8.64. The van der Waals surface area contributed by atoms with Crippen molar-refractivity contribution in [2.45, 2.75) is 44.6 Å². The van der Waals surface area contributed by atoms with E-state index in [0.29, 0.717) is 6.54 Å². The summed E-state index contributed by atoms with van der Waals surface area (Å²) >= 11 is 0. The van der Waals surface area contributed by atoms with Crippen LogP contribution in [0, 0.1) is 12.3 Å². The van der Waals surface area contributed by atoms with Crippen LogP contribution >= 0.6 is 0 Å². The predicted octanol–water partition coefficient (Wildman–Crippen LogP) is 2.07. The van der Waals surface area contributed by atoms with E-state index in [1.807, 2.05) is 6.92 Å².